The standard InChI is InChI=1S/C32H30O4/c1-3-35-29(33)31(25-17-9-5-10-18-25,26-19-11-6-12-20-26)32(30(34)36-4-2,27-21-13-7-14-22-27)28-23-15-8-16-24-28/h5-24H,3-4H2,1-2H3. The quantitative estimate of drug-likeness (QED) is 0.273. The van der Waals surface area contributed by atoms with Crippen LogP contribution < -0.4 is 0 Å². The van der Waals surface area contributed by atoms with Gasteiger partial charge in [-0.3, -0.25) is 9.59 Å². The van der Waals surface area contributed by atoms with Crippen molar-refractivity contribution in [3.05, 3.63) is 144 Å². The van der Waals surface area contributed by atoms with Crippen LogP contribution in [0, 0.1) is 0 Å². The van der Waals surface area contributed by atoms with E-state index in [1.54, 1.807) is 13.8 Å². The summed E-state index contributed by atoms with van der Waals surface area (Å²) in [4.78, 5) is 29.1. The molecule has 0 heterocycles. The average molecular weight is 479 g/mol. The molecule has 36 heavy (non-hydrogen) atoms. The van der Waals surface area contributed by atoms with Crippen LogP contribution in [0.15, 0.2) is 121 Å². The highest BCUT2D eigenvalue weighted by Crippen LogP contribution is 2.54. The van der Waals surface area contributed by atoms with Gasteiger partial charge in [0.05, 0.1) is 13.2 Å². The lowest BCUT2D eigenvalue weighted by Crippen LogP contribution is -2.61. The Morgan fingerprint density at radius 3 is 0.889 bits per heavy atom. The fraction of sp³-hybridized carbons (Fsp3) is 0.188. The maximum atomic E-state index is 14.5. The van der Waals surface area contributed by atoms with Crippen molar-refractivity contribution in [3.63, 3.8) is 0 Å². The van der Waals surface area contributed by atoms with E-state index in [1.165, 1.54) is 0 Å². The molecule has 0 unspecified atom stereocenters. The van der Waals surface area contributed by atoms with Gasteiger partial charge < -0.3 is 9.47 Å². The van der Waals surface area contributed by atoms with E-state index in [9.17, 15) is 9.59 Å². The van der Waals surface area contributed by atoms with Crippen molar-refractivity contribution in [1.29, 1.82) is 0 Å². The molecule has 0 saturated heterocycles. The Balaban J connectivity index is 2.31. The summed E-state index contributed by atoms with van der Waals surface area (Å²) >= 11 is 0. The Morgan fingerprint density at radius 2 is 0.694 bits per heavy atom. The number of carbonyl (C=O) groups is 2. The number of rotatable bonds is 9. The Bertz CT molecular complexity index is 1090. The second-order valence-corrected chi connectivity index (χ2v) is 8.41. The number of hydrogen-bond acceptors (Lipinski definition) is 4. The van der Waals surface area contributed by atoms with Crippen molar-refractivity contribution in [3.8, 4) is 0 Å². The molecule has 4 rings (SSSR count). The average Bonchev–Trinajstić information content (AvgIpc) is 2.94. The van der Waals surface area contributed by atoms with Gasteiger partial charge in [0.1, 0.15) is 10.8 Å². The summed E-state index contributed by atoms with van der Waals surface area (Å²) in [5.41, 5.74) is -0.655. The van der Waals surface area contributed by atoms with E-state index in [2.05, 4.69) is 0 Å². The van der Waals surface area contributed by atoms with Crippen LogP contribution in [0.3, 0.4) is 0 Å². The van der Waals surface area contributed by atoms with E-state index in [0.29, 0.717) is 22.3 Å². The van der Waals surface area contributed by atoms with Crippen molar-refractivity contribution in [1.82, 2.24) is 0 Å². The zero-order valence-electron chi connectivity index (χ0n) is 20.6. The second-order valence-electron chi connectivity index (χ2n) is 8.41. The summed E-state index contributed by atoms with van der Waals surface area (Å²) in [6.07, 6.45) is 0. The Hall–Kier alpha value is -4.18. The molecule has 0 aromatic heterocycles. The molecule has 0 fully saturated rings. The van der Waals surface area contributed by atoms with Crippen LogP contribution in [0.5, 0.6) is 0 Å². The molecule has 0 N–H and O–H groups in total. The van der Waals surface area contributed by atoms with Gasteiger partial charge in [-0.2, -0.15) is 0 Å². The molecule has 4 nitrogen and oxygen atoms in total. The molecule has 0 amide bonds. The topological polar surface area (TPSA) is 52.6 Å². The molecule has 4 aromatic rings. The van der Waals surface area contributed by atoms with Gasteiger partial charge in [-0.25, -0.2) is 0 Å². The number of hydrogen-bond donors (Lipinski definition) is 0. The molecule has 0 saturated carbocycles. The van der Waals surface area contributed by atoms with Crippen LogP contribution in [0.1, 0.15) is 36.1 Å². The molecular formula is C32H30O4. The first kappa shape index (κ1) is 24.9. The van der Waals surface area contributed by atoms with Crippen molar-refractivity contribution >= 4 is 11.9 Å². The van der Waals surface area contributed by atoms with Crippen LogP contribution in [0.2, 0.25) is 0 Å². The summed E-state index contributed by atoms with van der Waals surface area (Å²) in [7, 11) is 0. The monoisotopic (exact) mass is 478 g/mol. The third-order valence-corrected chi connectivity index (χ3v) is 6.55. The number of esters is 2. The maximum absolute atomic E-state index is 14.5. The molecule has 0 bridgehead atoms. The summed E-state index contributed by atoms with van der Waals surface area (Å²) in [5.74, 6) is -1.05. The Labute approximate surface area is 212 Å². The van der Waals surface area contributed by atoms with E-state index in [4.69, 9.17) is 9.47 Å². The lowest BCUT2D eigenvalue weighted by molar-refractivity contribution is -0.161. The van der Waals surface area contributed by atoms with Gasteiger partial charge in [-0.15, -0.1) is 0 Å². The van der Waals surface area contributed by atoms with Gasteiger partial charge >= 0.3 is 11.9 Å². The lowest BCUT2D eigenvalue weighted by Gasteiger charge is -2.48. The first-order valence-corrected chi connectivity index (χ1v) is 12.2. The van der Waals surface area contributed by atoms with Crippen molar-refractivity contribution in [2.45, 2.75) is 24.7 Å². The smallest absolute Gasteiger partial charge is 0.322 e. The van der Waals surface area contributed by atoms with Crippen molar-refractivity contribution < 1.29 is 19.1 Å². The molecule has 0 spiro atoms. The zero-order chi connectivity index (χ0) is 25.4. The minimum atomic E-state index is -1.60. The predicted octanol–water partition coefficient (Wildman–Crippen LogP) is 6.09. The summed E-state index contributed by atoms with van der Waals surface area (Å²) < 4.78 is 11.7. The van der Waals surface area contributed by atoms with Gasteiger partial charge in [-0.05, 0) is 36.1 Å². The zero-order valence-corrected chi connectivity index (χ0v) is 20.6. The van der Waals surface area contributed by atoms with Gasteiger partial charge in [0.25, 0.3) is 0 Å². The molecule has 0 aliphatic carbocycles. The fourth-order valence-corrected chi connectivity index (χ4v) is 5.21. The van der Waals surface area contributed by atoms with Gasteiger partial charge in [0, 0.05) is 0 Å². The summed E-state index contributed by atoms with van der Waals surface area (Å²) in [6.45, 7) is 3.86. The Morgan fingerprint density at radius 1 is 0.472 bits per heavy atom. The van der Waals surface area contributed by atoms with Gasteiger partial charge in [0.15, 0.2) is 0 Å². The largest absolute Gasteiger partial charge is 0.465 e. The van der Waals surface area contributed by atoms with E-state index in [-0.39, 0.29) is 13.2 Å². The highest BCUT2D eigenvalue weighted by Gasteiger charge is 2.66. The van der Waals surface area contributed by atoms with Crippen LogP contribution in [0.4, 0.5) is 0 Å². The van der Waals surface area contributed by atoms with E-state index in [1.807, 2.05) is 121 Å². The summed E-state index contributed by atoms with van der Waals surface area (Å²) in [5, 5.41) is 0. The van der Waals surface area contributed by atoms with E-state index < -0.39 is 22.8 Å². The first-order chi connectivity index (χ1) is 17.6. The molecule has 0 aliphatic rings. The second kappa shape index (κ2) is 11.0. The molecule has 0 atom stereocenters. The normalized spacial score (nSPS) is 11.5. The molecule has 182 valence electrons. The van der Waals surface area contributed by atoms with Crippen molar-refractivity contribution in [2.75, 3.05) is 13.2 Å². The fourth-order valence-electron chi connectivity index (χ4n) is 5.21. The first-order valence-electron chi connectivity index (χ1n) is 12.2. The van der Waals surface area contributed by atoms with E-state index in [0.717, 1.165) is 0 Å². The highest BCUT2D eigenvalue weighted by atomic mass is 16.5. The number of benzene rings is 4. The van der Waals surface area contributed by atoms with Gasteiger partial charge in [0.2, 0.25) is 0 Å². The Kier molecular flexibility index (Phi) is 7.65. The SMILES string of the molecule is CCOC(=O)C(c1ccccc1)(c1ccccc1)C(C(=O)OCC)(c1ccccc1)c1ccccc1. The molecule has 0 radical (unpaired) electrons. The highest BCUT2D eigenvalue weighted by molar-refractivity contribution is 6.03. The lowest BCUT2D eigenvalue weighted by atomic mass is 9.51. The summed E-state index contributed by atoms with van der Waals surface area (Å²) in [6, 6.07) is 37.6. The maximum Gasteiger partial charge on any atom is 0.322 e. The van der Waals surface area contributed by atoms with Crippen LogP contribution in [-0.2, 0) is 29.9 Å². The molecular weight excluding hydrogens is 448 g/mol. The van der Waals surface area contributed by atoms with Crippen LogP contribution in [0.25, 0.3) is 0 Å². The van der Waals surface area contributed by atoms with Crippen LogP contribution in [-0.4, -0.2) is 25.2 Å². The molecule has 0 aliphatic heterocycles. The third kappa shape index (κ3) is 3.99. The van der Waals surface area contributed by atoms with E-state index >= 15 is 0 Å². The third-order valence-electron chi connectivity index (χ3n) is 6.55. The number of carbonyl (C=O) groups excluding carboxylic acids is 2. The number of ether oxygens (including phenoxy) is 2. The predicted molar refractivity (Wildman–Crippen MR) is 141 cm³/mol. The van der Waals surface area contributed by atoms with Crippen LogP contribution >= 0.6 is 0 Å². The minimum absolute atomic E-state index is 0.155. The van der Waals surface area contributed by atoms with Crippen molar-refractivity contribution in [2.24, 2.45) is 0 Å². The minimum Gasteiger partial charge on any atom is -0.465 e. The molecule has 4 heteroatoms. The van der Waals surface area contributed by atoms with Gasteiger partial charge in [-0.1, -0.05) is 121 Å². The molecule has 4 aromatic carbocycles.